The normalized spacial score (nSPS) is 19.8. The molecule has 5 nitrogen and oxygen atoms in total. The Hall–Kier alpha value is -3.47. The summed E-state index contributed by atoms with van der Waals surface area (Å²) in [5.41, 5.74) is 4.86. The minimum atomic E-state index is -0.367. The molecule has 146 valence electrons. The molecule has 2 atom stereocenters. The second-order valence-electron chi connectivity index (χ2n) is 7.37. The molecule has 1 N–H and O–H groups in total. The number of hydrogen-bond donors (Lipinski definition) is 1. The fraction of sp³-hybridized carbons (Fsp3) is 0.208. The first-order valence-electron chi connectivity index (χ1n) is 9.70. The monoisotopic (exact) mass is 386 g/mol. The highest BCUT2D eigenvalue weighted by molar-refractivity contribution is 6.04. The van der Waals surface area contributed by atoms with Crippen molar-refractivity contribution in [2.24, 2.45) is 5.10 Å². The maximum Gasteiger partial charge on any atom is 0.214 e. The summed E-state index contributed by atoms with van der Waals surface area (Å²) in [5, 5.41) is 17.3. The number of aryl methyl sites for hydroxylation is 1. The molecule has 5 rings (SSSR count). The molecule has 0 fully saturated rings. The Labute approximate surface area is 169 Å². The predicted molar refractivity (Wildman–Crippen MR) is 111 cm³/mol. The van der Waals surface area contributed by atoms with E-state index in [4.69, 9.17) is 14.6 Å². The summed E-state index contributed by atoms with van der Waals surface area (Å²) in [4.78, 5) is 0. The molecule has 3 aromatic carbocycles. The molecular formula is C24H22N2O3. The van der Waals surface area contributed by atoms with Crippen LogP contribution in [0.3, 0.4) is 0 Å². The van der Waals surface area contributed by atoms with Crippen molar-refractivity contribution in [2.75, 3.05) is 7.11 Å². The number of nitrogens with zero attached hydrogens (tertiary/aromatic N) is 2. The number of aromatic hydroxyl groups is 1. The minimum absolute atomic E-state index is 0.00747. The van der Waals surface area contributed by atoms with E-state index in [-0.39, 0.29) is 18.0 Å². The molecule has 0 aromatic heterocycles. The van der Waals surface area contributed by atoms with Gasteiger partial charge >= 0.3 is 0 Å². The third kappa shape index (κ3) is 2.81. The van der Waals surface area contributed by atoms with Crippen LogP contribution in [0.4, 0.5) is 0 Å². The van der Waals surface area contributed by atoms with Gasteiger partial charge < -0.3 is 14.6 Å². The van der Waals surface area contributed by atoms with Crippen molar-refractivity contribution in [3.8, 4) is 17.2 Å². The van der Waals surface area contributed by atoms with Crippen LogP contribution in [0.25, 0.3) is 0 Å². The lowest BCUT2D eigenvalue weighted by Crippen LogP contribution is -2.34. The van der Waals surface area contributed by atoms with Crippen LogP contribution < -0.4 is 9.47 Å². The fourth-order valence-electron chi connectivity index (χ4n) is 4.19. The van der Waals surface area contributed by atoms with Crippen molar-refractivity contribution in [1.82, 2.24) is 5.01 Å². The van der Waals surface area contributed by atoms with Crippen molar-refractivity contribution in [3.63, 3.8) is 0 Å². The highest BCUT2D eigenvalue weighted by Crippen LogP contribution is 2.51. The molecule has 0 aliphatic carbocycles. The lowest BCUT2D eigenvalue weighted by molar-refractivity contribution is -0.0212. The van der Waals surface area contributed by atoms with Crippen molar-refractivity contribution in [1.29, 1.82) is 0 Å². The SMILES string of the molecule is COc1cccc2c1O[C@@H](c1ccccc1C)N1N=C(c3ccccc3O)C[C@@H]21. The highest BCUT2D eigenvalue weighted by Gasteiger charge is 2.42. The van der Waals surface area contributed by atoms with E-state index in [0.29, 0.717) is 6.42 Å². The maximum absolute atomic E-state index is 10.4. The Morgan fingerprint density at radius 2 is 1.76 bits per heavy atom. The van der Waals surface area contributed by atoms with E-state index < -0.39 is 0 Å². The number of phenols is 1. The number of phenolic OH excluding ortho intramolecular Hbond substituents is 1. The standard InChI is InChI=1S/C24H22N2O3/c1-15-8-3-4-9-16(15)24-26-20(18-11-7-13-22(28-2)23(18)29-24)14-19(25-26)17-10-5-6-12-21(17)27/h3-13,20,24,27H,14H2,1-2H3/t20-,24-/m0/s1. The van der Waals surface area contributed by atoms with Crippen LogP contribution in [0, 0.1) is 6.92 Å². The number of hydrogen-bond acceptors (Lipinski definition) is 5. The zero-order chi connectivity index (χ0) is 20.0. The van der Waals surface area contributed by atoms with Gasteiger partial charge in [-0.3, -0.25) is 0 Å². The molecule has 0 unspecified atom stereocenters. The van der Waals surface area contributed by atoms with Crippen molar-refractivity contribution in [2.45, 2.75) is 25.6 Å². The first kappa shape index (κ1) is 17.6. The Kier molecular flexibility index (Phi) is 4.16. The molecule has 0 amide bonds. The molecule has 2 aliphatic rings. The average Bonchev–Trinajstić information content (AvgIpc) is 3.19. The summed E-state index contributed by atoms with van der Waals surface area (Å²) < 4.78 is 12.1. The average molecular weight is 386 g/mol. The molecular weight excluding hydrogens is 364 g/mol. The third-order valence-electron chi connectivity index (χ3n) is 5.67. The number of para-hydroxylation sites is 2. The summed E-state index contributed by atoms with van der Waals surface area (Å²) in [6.45, 7) is 2.08. The summed E-state index contributed by atoms with van der Waals surface area (Å²) in [7, 11) is 1.66. The quantitative estimate of drug-likeness (QED) is 0.692. The molecule has 0 radical (unpaired) electrons. The number of fused-ring (bicyclic) bond motifs is 3. The van der Waals surface area contributed by atoms with Gasteiger partial charge in [-0.2, -0.15) is 5.10 Å². The molecule has 0 spiro atoms. The van der Waals surface area contributed by atoms with Gasteiger partial charge in [-0.1, -0.05) is 48.5 Å². The molecule has 0 saturated carbocycles. The van der Waals surface area contributed by atoms with Gasteiger partial charge in [-0.25, -0.2) is 5.01 Å². The van der Waals surface area contributed by atoms with E-state index in [0.717, 1.165) is 39.5 Å². The minimum Gasteiger partial charge on any atom is -0.507 e. The number of benzene rings is 3. The van der Waals surface area contributed by atoms with Crippen LogP contribution in [0.1, 0.15) is 40.9 Å². The number of hydrazone groups is 1. The van der Waals surface area contributed by atoms with Crippen LogP contribution in [0.5, 0.6) is 17.2 Å². The highest BCUT2D eigenvalue weighted by atomic mass is 16.5. The summed E-state index contributed by atoms with van der Waals surface area (Å²) in [5.74, 6) is 1.72. The van der Waals surface area contributed by atoms with Gasteiger partial charge in [0, 0.05) is 23.1 Å². The van der Waals surface area contributed by atoms with Gasteiger partial charge in [0.05, 0.1) is 18.9 Å². The molecule has 2 aliphatic heterocycles. The van der Waals surface area contributed by atoms with Gasteiger partial charge in [0.1, 0.15) is 5.75 Å². The van der Waals surface area contributed by atoms with Crippen LogP contribution >= 0.6 is 0 Å². The van der Waals surface area contributed by atoms with E-state index >= 15 is 0 Å². The first-order valence-corrected chi connectivity index (χ1v) is 9.70. The van der Waals surface area contributed by atoms with Gasteiger partial charge in [-0.05, 0) is 30.7 Å². The van der Waals surface area contributed by atoms with Gasteiger partial charge in [0.15, 0.2) is 11.5 Å². The third-order valence-corrected chi connectivity index (χ3v) is 5.67. The molecule has 0 saturated heterocycles. The smallest absolute Gasteiger partial charge is 0.214 e. The van der Waals surface area contributed by atoms with Crippen molar-refractivity contribution in [3.05, 3.63) is 89.0 Å². The summed E-state index contributed by atoms with van der Waals surface area (Å²) in [6, 6.07) is 21.5. The zero-order valence-electron chi connectivity index (χ0n) is 16.4. The lowest BCUT2D eigenvalue weighted by Gasteiger charge is -2.39. The van der Waals surface area contributed by atoms with Gasteiger partial charge in [0.25, 0.3) is 0 Å². The second-order valence-corrected chi connectivity index (χ2v) is 7.37. The topological polar surface area (TPSA) is 54.3 Å². The Bertz CT molecular complexity index is 1110. The van der Waals surface area contributed by atoms with Crippen LogP contribution in [-0.4, -0.2) is 22.9 Å². The maximum atomic E-state index is 10.4. The first-order chi connectivity index (χ1) is 14.2. The molecule has 2 heterocycles. The van der Waals surface area contributed by atoms with Crippen LogP contribution in [0.2, 0.25) is 0 Å². The predicted octanol–water partition coefficient (Wildman–Crippen LogP) is 4.95. The Balaban J connectivity index is 1.66. The molecule has 5 heteroatoms. The number of rotatable bonds is 3. The lowest BCUT2D eigenvalue weighted by atomic mass is 9.94. The van der Waals surface area contributed by atoms with Crippen molar-refractivity contribution >= 4 is 5.71 Å². The van der Waals surface area contributed by atoms with E-state index in [9.17, 15) is 5.11 Å². The number of ether oxygens (including phenoxy) is 2. The Morgan fingerprint density at radius 3 is 2.55 bits per heavy atom. The van der Waals surface area contributed by atoms with E-state index in [2.05, 4.69) is 25.1 Å². The van der Waals surface area contributed by atoms with Gasteiger partial charge in [0.2, 0.25) is 6.23 Å². The van der Waals surface area contributed by atoms with Crippen LogP contribution in [0.15, 0.2) is 71.8 Å². The second kappa shape index (κ2) is 6.85. The largest absolute Gasteiger partial charge is 0.507 e. The number of methoxy groups -OCH3 is 1. The molecule has 0 bridgehead atoms. The van der Waals surface area contributed by atoms with Crippen LogP contribution in [-0.2, 0) is 0 Å². The zero-order valence-corrected chi connectivity index (χ0v) is 16.4. The van der Waals surface area contributed by atoms with E-state index in [1.54, 1.807) is 13.2 Å². The fourth-order valence-corrected chi connectivity index (χ4v) is 4.19. The summed E-state index contributed by atoms with van der Waals surface area (Å²) in [6.07, 6.45) is 0.317. The summed E-state index contributed by atoms with van der Waals surface area (Å²) >= 11 is 0. The van der Waals surface area contributed by atoms with Gasteiger partial charge in [-0.15, -0.1) is 0 Å². The Morgan fingerprint density at radius 1 is 1.00 bits per heavy atom. The van der Waals surface area contributed by atoms with Crippen molar-refractivity contribution < 1.29 is 14.6 Å². The van der Waals surface area contributed by atoms with E-state index in [1.165, 1.54) is 0 Å². The molecule has 29 heavy (non-hydrogen) atoms. The molecule has 3 aromatic rings. The van der Waals surface area contributed by atoms with E-state index in [1.807, 2.05) is 47.5 Å².